The van der Waals surface area contributed by atoms with Gasteiger partial charge in [0, 0.05) is 19.0 Å². The van der Waals surface area contributed by atoms with Crippen molar-refractivity contribution in [3.8, 4) is 0 Å². The van der Waals surface area contributed by atoms with E-state index in [1.54, 1.807) is 0 Å². The Hall–Kier alpha value is -0.570. The Morgan fingerprint density at radius 1 is 1.54 bits per heavy atom. The number of rotatable bonds is 6. The lowest BCUT2D eigenvalue weighted by Gasteiger charge is -2.21. The third-order valence-corrected chi connectivity index (χ3v) is 2.37. The minimum Gasteiger partial charge on any atom is -0.340 e. The predicted molar refractivity (Wildman–Crippen MR) is 53.3 cm³/mol. The van der Waals surface area contributed by atoms with Crippen LogP contribution < -0.4 is 5.73 Å². The highest BCUT2D eigenvalue weighted by molar-refractivity contribution is 5.76. The highest BCUT2D eigenvalue weighted by Crippen LogP contribution is 2.27. The van der Waals surface area contributed by atoms with E-state index in [1.807, 2.05) is 4.90 Å². The van der Waals surface area contributed by atoms with Crippen LogP contribution in [0, 0.1) is 0 Å². The molecule has 0 unspecified atom stereocenters. The van der Waals surface area contributed by atoms with Gasteiger partial charge in [0.2, 0.25) is 5.91 Å². The molecule has 2 N–H and O–H groups in total. The summed E-state index contributed by atoms with van der Waals surface area (Å²) in [5.41, 5.74) is 5.37. The minimum absolute atomic E-state index is 0.301. The molecular weight excluding hydrogens is 164 g/mol. The summed E-state index contributed by atoms with van der Waals surface area (Å²) in [6.45, 7) is 3.66. The molecule has 0 saturated heterocycles. The molecule has 3 nitrogen and oxygen atoms in total. The summed E-state index contributed by atoms with van der Waals surface area (Å²) < 4.78 is 0. The molecule has 0 aliphatic heterocycles. The van der Waals surface area contributed by atoms with Gasteiger partial charge in [-0.3, -0.25) is 4.79 Å². The Bertz CT molecular complexity index is 166. The van der Waals surface area contributed by atoms with Crippen LogP contribution in [0.15, 0.2) is 0 Å². The quantitative estimate of drug-likeness (QED) is 0.672. The predicted octanol–water partition coefficient (Wildman–Crippen LogP) is 1.13. The largest absolute Gasteiger partial charge is 0.340 e. The second-order valence-electron chi connectivity index (χ2n) is 3.71. The van der Waals surface area contributed by atoms with Gasteiger partial charge in [-0.1, -0.05) is 6.92 Å². The van der Waals surface area contributed by atoms with E-state index in [2.05, 4.69) is 6.92 Å². The molecule has 0 aromatic carbocycles. The van der Waals surface area contributed by atoms with Crippen molar-refractivity contribution in [2.75, 3.05) is 13.1 Å². The van der Waals surface area contributed by atoms with Crippen molar-refractivity contribution in [1.82, 2.24) is 4.90 Å². The number of nitrogens with zero attached hydrogens (tertiary/aromatic N) is 1. The lowest BCUT2D eigenvalue weighted by atomic mass is 10.2. The summed E-state index contributed by atoms with van der Waals surface area (Å²) in [6, 6.07) is 0.560. The first-order valence-corrected chi connectivity index (χ1v) is 5.29. The zero-order valence-corrected chi connectivity index (χ0v) is 8.46. The van der Waals surface area contributed by atoms with Gasteiger partial charge < -0.3 is 10.6 Å². The van der Waals surface area contributed by atoms with E-state index >= 15 is 0 Å². The summed E-state index contributed by atoms with van der Waals surface area (Å²) in [7, 11) is 0. The van der Waals surface area contributed by atoms with Crippen LogP contribution in [-0.4, -0.2) is 29.9 Å². The summed E-state index contributed by atoms with van der Waals surface area (Å²) in [5, 5.41) is 0. The maximum atomic E-state index is 11.6. The fraction of sp³-hybridized carbons (Fsp3) is 0.900. The van der Waals surface area contributed by atoms with Crippen molar-refractivity contribution in [2.45, 2.75) is 45.1 Å². The Balaban J connectivity index is 2.29. The van der Waals surface area contributed by atoms with Crippen molar-refractivity contribution in [3.05, 3.63) is 0 Å². The van der Waals surface area contributed by atoms with Crippen LogP contribution in [0.4, 0.5) is 0 Å². The van der Waals surface area contributed by atoms with Crippen LogP contribution in [0.1, 0.15) is 39.0 Å². The first kappa shape index (κ1) is 10.5. The molecule has 0 aromatic rings. The van der Waals surface area contributed by atoms with Gasteiger partial charge in [0.05, 0.1) is 0 Å². The molecule has 1 aliphatic carbocycles. The molecule has 1 rings (SSSR count). The van der Waals surface area contributed by atoms with Gasteiger partial charge in [-0.25, -0.2) is 0 Å². The first-order chi connectivity index (χ1) is 6.29. The number of carbonyl (C=O) groups is 1. The molecule has 1 saturated carbocycles. The lowest BCUT2D eigenvalue weighted by molar-refractivity contribution is -0.131. The third-order valence-electron chi connectivity index (χ3n) is 2.37. The maximum absolute atomic E-state index is 11.6. The third kappa shape index (κ3) is 3.35. The van der Waals surface area contributed by atoms with E-state index in [1.165, 1.54) is 12.8 Å². The fourth-order valence-electron chi connectivity index (χ4n) is 1.53. The van der Waals surface area contributed by atoms with Crippen LogP contribution in [-0.2, 0) is 4.79 Å². The number of hydrogen-bond acceptors (Lipinski definition) is 2. The monoisotopic (exact) mass is 184 g/mol. The minimum atomic E-state index is 0.301. The average molecular weight is 184 g/mol. The number of hydrogen-bond donors (Lipinski definition) is 1. The van der Waals surface area contributed by atoms with Crippen molar-refractivity contribution >= 4 is 5.91 Å². The van der Waals surface area contributed by atoms with Crippen molar-refractivity contribution in [3.63, 3.8) is 0 Å². The van der Waals surface area contributed by atoms with Gasteiger partial charge in [0.1, 0.15) is 0 Å². The topological polar surface area (TPSA) is 46.3 Å². The van der Waals surface area contributed by atoms with Gasteiger partial charge >= 0.3 is 0 Å². The van der Waals surface area contributed by atoms with Crippen molar-refractivity contribution < 1.29 is 4.79 Å². The second kappa shape index (κ2) is 5.22. The molecule has 1 amide bonds. The van der Waals surface area contributed by atoms with Gasteiger partial charge in [-0.05, 0) is 32.2 Å². The lowest BCUT2D eigenvalue weighted by Crippen LogP contribution is -2.33. The first-order valence-electron chi connectivity index (χ1n) is 5.29. The zero-order chi connectivity index (χ0) is 9.68. The van der Waals surface area contributed by atoms with Gasteiger partial charge in [-0.2, -0.15) is 0 Å². The SMILES string of the molecule is CCCN(C(=O)CCCN)C1CC1. The molecule has 0 radical (unpaired) electrons. The Labute approximate surface area is 80.3 Å². The molecule has 3 heteroatoms. The Kier molecular flexibility index (Phi) is 4.22. The Morgan fingerprint density at radius 3 is 2.69 bits per heavy atom. The highest BCUT2D eigenvalue weighted by atomic mass is 16.2. The number of nitrogens with two attached hydrogens (primary N) is 1. The van der Waals surface area contributed by atoms with Crippen molar-refractivity contribution in [1.29, 1.82) is 0 Å². The van der Waals surface area contributed by atoms with E-state index < -0.39 is 0 Å². The van der Waals surface area contributed by atoms with Crippen LogP contribution in [0.2, 0.25) is 0 Å². The fourth-order valence-corrected chi connectivity index (χ4v) is 1.53. The van der Waals surface area contributed by atoms with Crippen LogP contribution in [0.5, 0.6) is 0 Å². The van der Waals surface area contributed by atoms with Gasteiger partial charge in [0.15, 0.2) is 0 Å². The van der Waals surface area contributed by atoms with Gasteiger partial charge in [0.25, 0.3) is 0 Å². The summed E-state index contributed by atoms with van der Waals surface area (Å²) in [5.74, 6) is 0.301. The Morgan fingerprint density at radius 2 is 2.23 bits per heavy atom. The highest BCUT2D eigenvalue weighted by Gasteiger charge is 2.31. The van der Waals surface area contributed by atoms with E-state index in [4.69, 9.17) is 5.73 Å². The van der Waals surface area contributed by atoms with Crippen LogP contribution in [0.25, 0.3) is 0 Å². The molecule has 1 aliphatic rings. The molecule has 0 spiro atoms. The molecular formula is C10H20N2O. The molecule has 0 bridgehead atoms. The number of amides is 1. The molecule has 13 heavy (non-hydrogen) atoms. The summed E-state index contributed by atoms with van der Waals surface area (Å²) in [6.07, 6.45) is 4.92. The molecule has 0 heterocycles. The maximum Gasteiger partial charge on any atom is 0.222 e. The van der Waals surface area contributed by atoms with Crippen LogP contribution in [0.3, 0.4) is 0 Å². The second-order valence-corrected chi connectivity index (χ2v) is 3.71. The molecule has 1 fully saturated rings. The number of carbonyl (C=O) groups excluding carboxylic acids is 1. The molecule has 76 valence electrons. The smallest absolute Gasteiger partial charge is 0.222 e. The average Bonchev–Trinajstić information content (AvgIpc) is 2.93. The van der Waals surface area contributed by atoms with E-state index in [0.29, 0.717) is 24.9 Å². The molecule has 0 atom stereocenters. The molecule has 0 aromatic heterocycles. The van der Waals surface area contributed by atoms with Gasteiger partial charge in [-0.15, -0.1) is 0 Å². The summed E-state index contributed by atoms with van der Waals surface area (Å²) in [4.78, 5) is 13.7. The van der Waals surface area contributed by atoms with E-state index in [9.17, 15) is 4.79 Å². The van der Waals surface area contributed by atoms with E-state index in [-0.39, 0.29) is 0 Å². The summed E-state index contributed by atoms with van der Waals surface area (Å²) >= 11 is 0. The standard InChI is InChI=1S/C10H20N2O/c1-2-8-12(9-5-6-9)10(13)4-3-7-11/h9H,2-8,11H2,1H3. The van der Waals surface area contributed by atoms with Crippen molar-refractivity contribution in [2.24, 2.45) is 5.73 Å². The normalized spacial score (nSPS) is 15.8. The van der Waals surface area contributed by atoms with E-state index in [0.717, 1.165) is 19.4 Å². The van der Waals surface area contributed by atoms with Crippen LogP contribution >= 0.6 is 0 Å². The zero-order valence-electron chi connectivity index (χ0n) is 8.46.